The Morgan fingerprint density at radius 1 is 1.19 bits per heavy atom. The molecule has 0 fully saturated rings. The van der Waals surface area contributed by atoms with Gasteiger partial charge in [0.15, 0.2) is 0 Å². The van der Waals surface area contributed by atoms with E-state index >= 15 is 0 Å². The van der Waals surface area contributed by atoms with Crippen molar-refractivity contribution in [1.29, 1.82) is 0 Å². The Kier molecular flexibility index (Phi) is 4.00. The summed E-state index contributed by atoms with van der Waals surface area (Å²) in [6.07, 6.45) is 2.94. The van der Waals surface area contributed by atoms with Crippen LogP contribution in [0.4, 0.5) is 4.39 Å². The molecule has 0 aromatic heterocycles. The van der Waals surface area contributed by atoms with E-state index in [1.165, 1.54) is 23.3 Å². The fourth-order valence-corrected chi connectivity index (χ4v) is 2.92. The molecule has 0 aliphatic heterocycles. The molecular weight excluding hydrogens is 265 g/mol. The molecule has 108 valence electrons. The SMILES string of the molecule is O=C(CCc1cccc(F)c1)NC1CCc2ccccc21. The number of halogens is 1. The fourth-order valence-electron chi connectivity index (χ4n) is 2.92. The highest BCUT2D eigenvalue weighted by Gasteiger charge is 2.22. The molecule has 1 atom stereocenters. The first-order valence-electron chi connectivity index (χ1n) is 7.34. The Balaban J connectivity index is 1.56. The topological polar surface area (TPSA) is 29.1 Å². The van der Waals surface area contributed by atoms with Gasteiger partial charge in [-0.1, -0.05) is 36.4 Å². The van der Waals surface area contributed by atoms with E-state index in [4.69, 9.17) is 0 Å². The van der Waals surface area contributed by atoms with E-state index in [1.807, 2.05) is 18.2 Å². The van der Waals surface area contributed by atoms with Gasteiger partial charge in [-0.15, -0.1) is 0 Å². The van der Waals surface area contributed by atoms with Crippen molar-refractivity contribution in [2.45, 2.75) is 31.7 Å². The number of fused-ring (bicyclic) bond motifs is 1. The zero-order chi connectivity index (χ0) is 14.7. The van der Waals surface area contributed by atoms with E-state index in [9.17, 15) is 9.18 Å². The fraction of sp³-hybridized carbons (Fsp3) is 0.278. The highest BCUT2D eigenvalue weighted by atomic mass is 19.1. The van der Waals surface area contributed by atoms with Crippen molar-refractivity contribution in [2.75, 3.05) is 0 Å². The molecule has 1 aliphatic carbocycles. The largest absolute Gasteiger partial charge is 0.349 e. The van der Waals surface area contributed by atoms with Gasteiger partial charge in [0.25, 0.3) is 0 Å². The van der Waals surface area contributed by atoms with Gasteiger partial charge in [0.1, 0.15) is 5.82 Å². The minimum absolute atomic E-state index is 0.0287. The van der Waals surface area contributed by atoms with Crippen LogP contribution >= 0.6 is 0 Å². The molecule has 0 radical (unpaired) electrons. The van der Waals surface area contributed by atoms with Crippen molar-refractivity contribution in [3.05, 3.63) is 71.0 Å². The van der Waals surface area contributed by atoms with Crippen LogP contribution in [0.3, 0.4) is 0 Å². The first kappa shape index (κ1) is 13.8. The molecule has 3 rings (SSSR count). The van der Waals surface area contributed by atoms with Gasteiger partial charge in [0, 0.05) is 6.42 Å². The summed E-state index contributed by atoms with van der Waals surface area (Å²) in [6, 6.07) is 14.8. The van der Waals surface area contributed by atoms with Gasteiger partial charge in [-0.05, 0) is 48.1 Å². The zero-order valence-corrected chi connectivity index (χ0v) is 11.8. The summed E-state index contributed by atoms with van der Waals surface area (Å²) in [4.78, 5) is 12.1. The Labute approximate surface area is 124 Å². The molecule has 21 heavy (non-hydrogen) atoms. The first-order chi connectivity index (χ1) is 10.2. The number of benzene rings is 2. The number of hydrogen-bond acceptors (Lipinski definition) is 1. The highest BCUT2D eigenvalue weighted by Crippen LogP contribution is 2.30. The first-order valence-corrected chi connectivity index (χ1v) is 7.34. The van der Waals surface area contributed by atoms with Gasteiger partial charge in [-0.2, -0.15) is 0 Å². The Morgan fingerprint density at radius 2 is 2.05 bits per heavy atom. The molecule has 1 aliphatic rings. The number of carbonyl (C=O) groups excluding carboxylic acids is 1. The van der Waals surface area contributed by atoms with E-state index in [2.05, 4.69) is 17.4 Å². The Bertz CT molecular complexity index is 653. The monoisotopic (exact) mass is 283 g/mol. The second kappa shape index (κ2) is 6.08. The third-order valence-corrected chi connectivity index (χ3v) is 4.00. The third-order valence-electron chi connectivity index (χ3n) is 4.00. The lowest BCUT2D eigenvalue weighted by Gasteiger charge is -2.14. The lowest BCUT2D eigenvalue weighted by atomic mass is 10.1. The predicted molar refractivity (Wildman–Crippen MR) is 80.4 cm³/mol. The molecule has 0 bridgehead atoms. The van der Waals surface area contributed by atoms with Gasteiger partial charge < -0.3 is 5.32 Å². The van der Waals surface area contributed by atoms with Gasteiger partial charge in [0.2, 0.25) is 5.91 Å². The average molecular weight is 283 g/mol. The van der Waals surface area contributed by atoms with Crippen molar-refractivity contribution in [2.24, 2.45) is 0 Å². The standard InChI is InChI=1S/C18H18FNO/c19-15-6-3-4-13(12-15)8-11-18(21)20-17-10-9-14-5-1-2-7-16(14)17/h1-7,12,17H,8-11H2,(H,20,21). The molecule has 0 saturated carbocycles. The molecule has 2 aromatic carbocycles. The summed E-state index contributed by atoms with van der Waals surface area (Å²) in [6.45, 7) is 0. The smallest absolute Gasteiger partial charge is 0.220 e. The highest BCUT2D eigenvalue weighted by molar-refractivity contribution is 5.77. The molecule has 1 amide bonds. The third kappa shape index (κ3) is 3.30. The van der Waals surface area contributed by atoms with E-state index in [1.54, 1.807) is 6.07 Å². The van der Waals surface area contributed by atoms with Gasteiger partial charge in [-0.3, -0.25) is 4.79 Å². The van der Waals surface area contributed by atoms with Crippen LogP contribution in [0.15, 0.2) is 48.5 Å². The number of nitrogens with one attached hydrogen (secondary N) is 1. The normalized spacial score (nSPS) is 16.5. The van der Waals surface area contributed by atoms with E-state index in [0.717, 1.165) is 18.4 Å². The summed E-state index contributed by atoms with van der Waals surface area (Å²) < 4.78 is 13.1. The summed E-state index contributed by atoms with van der Waals surface area (Å²) in [5, 5.41) is 3.09. The molecule has 0 saturated heterocycles. The second-order valence-electron chi connectivity index (χ2n) is 5.49. The van der Waals surface area contributed by atoms with Crippen LogP contribution in [0.25, 0.3) is 0 Å². The Hall–Kier alpha value is -2.16. The van der Waals surface area contributed by atoms with Crippen LogP contribution in [0.1, 0.15) is 35.6 Å². The van der Waals surface area contributed by atoms with Gasteiger partial charge in [0.05, 0.1) is 6.04 Å². The lowest BCUT2D eigenvalue weighted by molar-refractivity contribution is -0.121. The zero-order valence-electron chi connectivity index (χ0n) is 11.8. The summed E-state index contributed by atoms with van der Waals surface area (Å²) in [5.74, 6) is -0.224. The minimum atomic E-state index is -0.252. The molecule has 0 heterocycles. The van der Waals surface area contributed by atoms with E-state index < -0.39 is 0 Å². The second-order valence-corrected chi connectivity index (χ2v) is 5.49. The molecule has 1 unspecified atom stereocenters. The van der Waals surface area contributed by atoms with Crippen LogP contribution in [0.2, 0.25) is 0 Å². The van der Waals surface area contributed by atoms with Crippen molar-refractivity contribution < 1.29 is 9.18 Å². The average Bonchev–Trinajstić information content (AvgIpc) is 2.89. The summed E-state index contributed by atoms with van der Waals surface area (Å²) in [7, 11) is 0. The maximum atomic E-state index is 13.1. The molecule has 1 N–H and O–H groups in total. The number of hydrogen-bond donors (Lipinski definition) is 1. The van der Waals surface area contributed by atoms with Crippen LogP contribution in [0, 0.1) is 5.82 Å². The number of rotatable bonds is 4. The molecule has 3 heteroatoms. The molecule has 2 aromatic rings. The molecule has 0 spiro atoms. The number of amides is 1. The van der Waals surface area contributed by atoms with Crippen LogP contribution in [-0.4, -0.2) is 5.91 Å². The minimum Gasteiger partial charge on any atom is -0.349 e. The van der Waals surface area contributed by atoms with Crippen LogP contribution < -0.4 is 5.32 Å². The quantitative estimate of drug-likeness (QED) is 0.913. The van der Waals surface area contributed by atoms with Gasteiger partial charge >= 0.3 is 0 Å². The molecule has 2 nitrogen and oxygen atoms in total. The number of carbonyl (C=O) groups is 1. The van der Waals surface area contributed by atoms with E-state index in [0.29, 0.717) is 12.8 Å². The maximum absolute atomic E-state index is 13.1. The van der Waals surface area contributed by atoms with Gasteiger partial charge in [-0.25, -0.2) is 4.39 Å². The summed E-state index contributed by atoms with van der Waals surface area (Å²) in [5.41, 5.74) is 3.42. The van der Waals surface area contributed by atoms with E-state index in [-0.39, 0.29) is 17.8 Å². The van der Waals surface area contributed by atoms with Crippen molar-refractivity contribution in [1.82, 2.24) is 5.32 Å². The predicted octanol–water partition coefficient (Wildman–Crippen LogP) is 3.56. The Morgan fingerprint density at radius 3 is 2.90 bits per heavy atom. The number of aryl methyl sites for hydroxylation is 2. The van der Waals surface area contributed by atoms with Crippen LogP contribution in [-0.2, 0) is 17.6 Å². The van der Waals surface area contributed by atoms with Crippen molar-refractivity contribution >= 4 is 5.91 Å². The van der Waals surface area contributed by atoms with Crippen molar-refractivity contribution in [3.63, 3.8) is 0 Å². The summed E-state index contributed by atoms with van der Waals surface area (Å²) >= 11 is 0. The van der Waals surface area contributed by atoms with Crippen LogP contribution in [0.5, 0.6) is 0 Å². The van der Waals surface area contributed by atoms with Crippen molar-refractivity contribution in [3.8, 4) is 0 Å². The maximum Gasteiger partial charge on any atom is 0.220 e. The lowest BCUT2D eigenvalue weighted by Crippen LogP contribution is -2.27. The molecular formula is C18H18FNO.